The van der Waals surface area contributed by atoms with E-state index >= 15 is 0 Å². The molecule has 0 unspecified atom stereocenters. The molecule has 0 aliphatic heterocycles. The number of halogens is 1. The van der Waals surface area contributed by atoms with Gasteiger partial charge in [-0.15, -0.1) is 11.6 Å². The summed E-state index contributed by atoms with van der Waals surface area (Å²) >= 11 is 5.40. The largest absolute Gasteiger partial charge is 0.491 e. The molecule has 3 nitrogen and oxygen atoms in total. The van der Waals surface area contributed by atoms with E-state index in [0.29, 0.717) is 13.2 Å². The van der Waals surface area contributed by atoms with Crippen LogP contribution in [0.25, 0.3) is 11.1 Å². The van der Waals surface area contributed by atoms with Crippen LogP contribution in [0.1, 0.15) is 0 Å². The number of alkyl halides is 1. The van der Waals surface area contributed by atoms with E-state index in [1.54, 1.807) is 0 Å². The predicted molar refractivity (Wildman–Crippen MR) is 81.1 cm³/mol. The molecule has 20 heavy (non-hydrogen) atoms. The topological polar surface area (TPSA) is 38.3 Å². The van der Waals surface area contributed by atoms with Gasteiger partial charge >= 0.3 is 0 Å². The molecule has 104 valence electrons. The smallest absolute Gasteiger partial charge is 0.235 e. The van der Waals surface area contributed by atoms with E-state index in [1.807, 2.05) is 54.6 Å². The number of benzene rings is 2. The Hall–Kier alpha value is -2.00. The first kappa shape index (κ1) is 14.4. The highest BCUT2D eigenvalue weighted by Crippen LogP contribution is 2.29. The summed E-state index contributed by atoms with van der Waals surface area (Å²) in [4.78, 5) is 11.0. The van der Waals surface area contributed by atoms with E-state index in [4.69, 9.17) is 16.3 Å². The summed E-state index contributed by atoms with van der Waals surface area (Å²) in [7, 11) is 0. The Morgan fingerprint density at radius 1 is 1.05 bits per heavy atom. The summed E-state index contributed by atoms with van der Waals surface area (Å²) in [6.07, 6.45) is 0. The Morgan fingerprint density at radius 3 is 2.50 bits per heavy atom. The first-order chi connectivity index (χ1) is 9.81. The van der Waals surface area contributed by atoms with E-state index in [2.05, 4.69) is 5.32 Å². The molecule has 0 aliphatic rings. The summed E-state index contributed by atoms with van der Waals surface area (Å²) in [6.45, 7) is 0.848. The van der Waals surface area contributed by atoms with Crippen molar-refractivity contribution < 1.29 is 9.53 Å². The molecule has 2 aromatic carbocycles. The zero-order valence-electron chi connectivity index (χ0n) is 11.0. The number of carbonyl (C=O) groups is 1. The Morgan fingerprint density at radius 2 is 1.75 bits per heavy atom. The van der Waals surface area contributed by atoms with Crippen molar-refractivity contribution in [2.75, 3.05) is 19.0 Å². The Labute approximate surface area is 123 Å². The van der Waals surface area contributed by atoms with Crippen LogP contribution in [-0.2, 0) is 4.79 Å². The molecule has 4 heteroatoms. The minimum absolute atomic E-state index is 0.0272. The maximum absolute atomic E-state index is 11.0. The van der Waals surface area contributed by atoms with Gasteiger partial charge in [0.15, 0.2) is 0 Å². The van der Waals surface area contributed by atoms with Crippen LogP contribution >= 0.6 is 11.6 Å². The Balaban J connectivity index is 2.00. The lowest BCUT2D eigenvalue weighted by Gasteiger charge is -2.11. The van der Waals surface area contributed by atoms with Gasteiger partial charge in [0.1, 0.15) is 18.2 Å². The SMILES string of the molecule is O=C(CCl)NCCOc1ccccc1-c1ccccc1. The van der Waals surface area contributed by atoms with Crippen molar-refractivity contribution in [3.8, 4) is 16.9 Å². The van der Waals surface area contributed by atoms with Crippen LogP contribution in [0.5, 0.6) is 5.75 Å². The lowest BCUT2D eigenvalue weighted by molar-refractivity contribution is -0.118. The average molecular weight is 290 g/mol. The quantitative estimate of drug-likeness (QED) is 0.655. The number of ether oxygens (including phenoxy) is 1. The van der Waals surface area contributed by atoms with Crippen LogP contribution in [0.15, 0.2) is 54.6 Å². The van der Waals surface area contributed by atoms with Crippen molar-refractivity contribution in [3.05, 3.63) is 54.6 Å². The van der Waals surface area contributed by atoms with Gasteiger partial charge in [-0.3, -0.25) is 4.79 Å². The van der Waals surface area contributed by atoms with Crippen molar-refractivity contribution in [1.29, 1.82) is 0 Å². The van der Waals surface area contributed by atoms with Gasteiger partial charge in [-0.05, 0) is 11.6 Å². The third kappa shape index (κ3) is 4.00. The standard InChI is InChI=1S/C16H16ClNO2/c17-12-16(19)18-10-11-20-15-9-5-4-8-14(15)13-6-2-1-3-7-13/h1-9H,10-12H2,(H,18,19). The minimum atomic E-state index is -0.188. The molecule has 0 saturated heterocycles. The third-order valence-electron chi connectivity index (χ3n) is 2.78. The third-order valence-corrected chi connectivity index (χ3v) is 3.02. The Kier molecular flexibility index (Phi) is 5.44. The van der Waals surface area contributed by atoms with Gasteiger partial charge in [-0.1, -0.05) is 48.5 Å². The van der Waals surface area contributed by atoms with E-state index in [0.717, 1.165) is 16.9 Å². The molecular weight excluding hydrogens is 274 g/mol. The summed E-state index contributed by atoms with van der Waals surface area (Å²) in [6, 6.07) is 17.9. The van der Waals surface area contributed by atoms with Gasteiger partial charge in [0, 0.05) is 5.56 Å². The van der Waals surface area contributed by atoms with Crippen LogP contribution < -0.4 is 10.1 Å². The van der Waals surface area contributed by atoms with Crippen LogP contribution in [-0.4, -0.2) is 24.9 Å². The fourth-order valence-electron chi connectivity index (χ4n) is 1.85. The average Bonchev–Trinajstić information content (AvgIpc) is 2.52. The highest BCUT2D eigenvalue weighted by atomic mass is 35.5. The second-order valence-corrected chi connectivity index (χ2v) is 4.46. The van der Waals surface area contributed by atoms with Gasteiger partial charge in [0.05, 0.1) is 6.54 Å². The number of hydrogen-bond acceptors (Lipinski definition) is 2. The summed E-state index contributed by atoms with van der Waals surface area (Å²) in [5, 5.41) is 2.67. The highest BCUT2D eigenvalue weighted by Gasteiger charge is 2.05. The van der Waals surface area contributed by atoms with Gasteiger partial charge in [0.25, 0.3) is 0 Å². The predicted octanol–water partition coefficient (Wildman–Crippen LogP) is 3.09. The molecule has 1 N–H and O–H groups in total. The maximum Gasteiger partial charge on any atom is 0.235 e. The van der Waals surface area contributed by atoms with Crippen LogP contribution in [0.3, 0.4) is 0 Å². The molecule has 0 radical (unpaired) electrons. The number of hydrogen-bond donors (Lipinski definition) is 1. The number of para-hydroxylation sites is 1. The van der Waals surface area contributed by atoms with E-state index in [9.17, 15) is 4.79 Å². The van der Waals surface area contributed by atoms with Crippen LogP contribution in [0, 0.1) is 0 Å². The lowest BCUT2D eigenvalue weighted by Crippen LogP contribution is -2.28. The van der Waals surface area contributed by atoms with Crippen molar-refractivity contribution in [1.82, 2.24) is 5.32 Å². The number of amides is 1. The molecule has 2 rings (SSSR count). The zero-order chi connectivity index (χ0) is 14.2. The summed E-state index contributed by atoms with van der Waals surface area (Å²) in [5.74, 6) is 0.589. The van der Waals surface area contributed by atoms with E-state index in [-0.39, 0.29) is 11.8 Å². The normalized spacial score (nSPS) is 10.1. The van der Waals surface area contributed by atoms with Crippen molar-refractivity contribution in [2.24, 2.45) is 0 Å². The second-order valence-electron chi connectivity index (χ2n) is 4.19. The van der Waals surface area contributed by atoms with Gasteiger partial charge in [-0.25, -0.2) is 0 Å². The van der Waals surface area contributed by atoms with Crippen molar-refractivity contribution in [2.45, 2.75) is 0 Å². The first-order valence-electron chi connectivity index (χ1n) is 6.41. The molecule has 0 fully saturated rings. The molecule has 0 saturated carbocycles. The fraction of sp³-hybridized carbons (Fsp3) is 0.188. The number of carbonyl (C=O) groups excluding carboxylic acids is 1. The van der Waals surface area contributed by atoms with Crippen molar-refractivity contribution in [3.63, 3.8) is 0 Å². The monoisotopic (exact) mass is 289 g/mol. The molecule has 0 aliphatic carbocycles. The van der Waals surface area contributed by atoms with Crippen LogP contribution in [0.4, 0.5) is 0 Å². The molecule has 0 spiro atoms. The number of nitrogens with one attached hydrogen (secondary N) is 1. The van der Waals surface area contributed by atoms with Gasteiger partial charge in [-0.2, -0.15) is 0 Å². The first-order valence-corrected chi connectivity index (χ1v) is 6.94. The molecule has 0 heterocycles. The molecule has 2 aromatic rings. The van der Waals surface area contributed by atoms with Gasteiger partial charge < -0.3 is 10.1 Å². The number of rotatable bonds is 6. The molecule has 1 amide bonds. The van der Waals surface area contributed by atoms with Crippen molar-refractivity contribution >= 4 is 17.5 Å². The van der Waals surface area contributed by atoms with E-state index in [1.165, 1.54) is 0 Å². The second kappa shape index (κ2) is 7.56. The molecule has 0 bridgehead atoms. The fourth-order valence-corrected chi connectivity index (χ4v) is 1.94. The summed E-state index contributed by atoms with van der Waals surface area (Å²) < 4.78 is 5.73. The van der Waals surface area contributed by atoms with Crippen LogP contribution in [0.2, 0.25) is 0 Å². The van der Waals surface area contributed by atoms with Gasteiger partial charge in [0.2, 0.25) is 5.91 Å². The minimum Gasteiger partial charge on any atom is -0.491 e. The Bertz CT molecular complexity index is 557. The molecule has 0 atom stereocenters. The maximum atomic E-state index is 11.0. The highest BCUT2D eigenvalue weighted by molar-refractivity contribution is 6.27. The molecular formula is C16H16ClNO2. The van der Waals surface area contributed by atoms with E-state index < -0.39 is 0 Å². The zero-order valence-corrected chi connectivity index (χ0v) is 11.8. The summed E-state index contributed by atoms with van der Waals surface area (Å²) in [5.41, 5.74) is 2.14. The molecule has 0 aromatic heterocycles. The lowest BCUT2D eigenvalue weighted by atomic mass is 10.1.